The zero-order chi connectivity index (χ0) is 13.1. The van der Waals surface area contributed by atoms with Crippen LogP contribution < -0.4 is 5.32 Å². The molecule has 1 rings (SSSR count). The van der Waals surface area contributed by atoms with E-state index in [1.165, 1.54) is 18.2 Å². The van der Waals surface area contributed by atoms with Crippen LogP contribution in [0.1, 0.15) is 31.0 Å². The number of hydrogen-bond donors (Lipinski definition) is 1. The minimum Gasteiger partial charge on any atom is -0.296 e. The highest BCUT2D eigenvalue weighted by molar-refractivity contribution is 5.35. The molecule has 0 fully saturated rings. The van der Waals surface area contributed by atoms with Crippen LogP contribution in [0.3, 0.4) is 0 Å². The van der Waals surface area contributed by atoms with Crippen molar-refractivity contribution in [1.29, 1.82) is 5.26 Å². The zero-order valence-electron chi connectivity index (χ0n) is 9.55. The predicted octanol–water partition coefficient (Wildman–Crippen LogP) is 3.27. The molecule has 0 saturated carbocycles. The minimum atomic E-state index is -4.44. The standard InChI is InChI=1S/C12H13F3N2/c1-8(2)17-11(7-16)9-5-3-4-6-10(9)12(13,14)15/h3-6,8,11,17H,1-2H3. The van der Waals surface area contributed by atoms with E-state index in [9.17, 15) is 13.2 Å². The van der Waals surface area contributed by atoms with E-state index < -0.39 is 17.8 Å². The summed E-state index contributed by atoms with van der Waals surface area (Å²) in [7, 11) is 0. The molecule has 1 aromatic rings. The van der Waals surface area contributed by atoms with Crippen molar-refractivity contribution in [2.45, 2.75) is 32.1 Å². The molecule has 0 amide bonds. The first-order valence-electron chi connectivity index (χ1n) is 5.18. The molecule has 0 saturated heterocycles. The fraction of sp³-hybridized carbons (Fsp3) is 0.417. The molecular weight excluding hydrogens is 229 g/mol. The first-order chi connectivity index (χ1) is 7.86. The largest absolute Gasteiger partial charge is 0.416 e. The fourth-order valence-corrected chi connectivity index (χ4v) is 1.54. The Morgan fingerprint density at radius 3 is 2.29 bits per heavy atom. The average Bonchev–Trinajstić information content (AvgIpc) is 2.24. The van der Waals surface area contributed by atoms with Crippen LogP contribution in [0.25, 0.3) is 0 Å². The first kappa shape index (κ1) is 13.5. The molecule has 0 heterocycles. The van der Waals surface area contributed by atoms with Crippen molar-refractivity contribution in [2.75, 3.05) is 0 Å². The Kier molecular flexibility index (Phi) is 4.13. The number of benzene rings is 1. The van der Waals surface area contributed by atoms with Crippen molar-refractivity contribution < 1.29 is 13.2 Å². The Labute approximate surface area is 98.1 Å². The van der Waals surface area contributed by atoms with Crippen molar-refractivity contribution in [3.63, 3.8) is 0 Å². The number of nitrogens with one attached hydrogen (secondary N) is 1. The number of nitriles is 1. The lowest BCUT2D eigenvalue weighted by molar-refractivity contribution is -0.138. The first-order valence-corrected chi connectivity index (χ1v) is 5.18. The van der Waals surface area contributed by atoms with E-state index in [0.717, 1.165) is 6.07 Å². The van der Waals surface area contributed by atoms with Crippen molar-refractivity contribution in [3.05, 3.63) is 35.4 Å². The summed E-state index contributed by atoms with van der Waals surface area (Å²) in [5, 5.41) is 11.7. The van der Waals surface area contributed by atoms with Gasteiger partial charge in [0.1, 0.15) is 6.04 Å². The van der Waals surface area contributed by atoms with Gasteiger partial charge in [0.05, 0.1) is 11.6 Å². The Hall–Kier alpha value is -1.54. The Balaban J connectivity index is 3.17. The molecule has 5 heteroatoms. The lowest BCUT2D eigenvalue weighted by Crippen LogP contribution is -2.28. The summed E-state index contributed by atoms with van der Waals surface area (Å²) >= 11 is 0. The molecule has 0 aliphatic carbocycles. The van der Waals surface area contributed by atoms with E-state index in [0.29, 0.717) is 0 Å². The van der Waals surface area contributed by atoms with Gasteiger partial charge in [0.2, 0.25) is 0 Å². The molecule has 0 aromatic heterocycles. The lowest BCUT2D eigenvalue weighted by atomic mass is 10.00. The summed E-state index contributed by atoms with van der Waals surface area (Å²) in [5.41, 5.74) is -0.795. The van der Waals surface area contributed by atoms with E-state index in [1.54, 1.807) is 13.8 Å². The number of halogens is 3. The van der Waals surface area contributed by atoms with Gasteiger partial charge < -0.3 is 0 Å². The second kappa shape index (κ2) is 5.19. The zero-order valence-corrected chi connectivity index (χ0v) is 9.55. The van der Waals surface area contributed by atoms with Crippen LogP contribution in [-0.2, 0) is 6.18 Å². The number of nitrogens with zero attached hydrogens (tertiary/aromatic N) is 1. The SMILES string of the molecule is CC(C)NC(C#N)c1ccccc1C(F)(F)F. The van der Waals surface area contributed by atoms with Gasteiger partial charge in [-0.25, -0.2) is 0 Å². The molecular formula is C12H13F3N2. The molecule has 92 valence electrons. The van der Waals surface area contributed by atoms with Gasteiger partial charge in [-0.3, -0.25) is 5.32 Å². The molecule has 17 heavy (non-hydrogen) atoms. The van der Waals surface area contributed by atoms with Gasteiger partial charge in [-0.1, -0.05) is 18.2 Å². The number of hydrogen-bond acceptors (Lipinski definition) is 2. The Morgan fingerprint density at radius 2 is 1.82 bits per heavy atom. The van der Waals surface area contributed by atoms with Gasteiger partial charge >= 0.3 is 6.18 Å². The third kappa shape index (κ3) is 3.46. The van der Waals surface area contributed by atoms with Crippen LogP contribution in [0.5, 0.6) is 0 Å². The second-order valence-corrected chi connectivity index (χ2v) is 3.97. The topological polar surface area (TPSA) is 35.8 Å². The molecule has 2 nitrogen and oxygen atoms in total. The molecule has 1 N–H and O–H groups in total. The van der Waals surface area contributed by atoms with Crippen molar-refractivity contribution in [1.82, 2.24) is 5.32 Å². The van der Waals surface area contributed by atoms with Crippen LogP contribution in [0.15, 0.2) is 24.3 Å². The van der Waals surface area contributed by atoms with Crippen molar-refractivity contribution in [3.8, 4) is 6.07 Å². The second-order valence-electron chi connectivity index (χ2n) is 3.97. The minimum absolute atomic E-state index is 0.0313. The normalized spacial score (nSPS) is 13.5. The van der Waals surface area contributed by atoms with Gasteiger partial charge in [-0.2, -0.15) is 18.4 Å². The quantitative estimate of drug-likeness (QED) is 0.883. The van der Waals surface area contributed by atoms with Crippen LogP contribution in [0.4, 0.5) is 13.2 Å². The van der Waals surface area contributed by atoms with E-state index in [4.69, 9.17) is 5.26 Å². The van der Waals surface area contributed by atoms with E-state index in [2.05, 4.69) is 5.32 Å². The highest BCUT2D eigenvalue weighted by Gasteiger charge is 2.35. The van der Waals surface area contributed by atoms with Crippen LogP contribution in [-0.4, -0.2) is 6.04 Å². The van der Waals surface area contributed by atoms with Crippen molar-refractivity contribution in [2.24, 2.45) is 0 Å². The maximum Gasteiger partial charge on any atom is 0.416 e. The highest BCUT2D eigenvalue weighted by atomic mass is 19.4. The molecule has 1 atom stereocenters. The smallest absolute Gasteiger partial charge is 0.296 e. The predicted molar refractivity (Wildman–Crippen MR) is 58.1 cm³/mol. The molecule has 0 radical (unpaired) electrons. The van der Waals surface area contributed by atoms with Gasteiger partial charge in [0, 0.05) is 6.04 Å². The summed E-state index contributed by atoms with van der Waals surface area (Å²) < 4.78 is 38.2. The van der Waals surface area contributed by atoms with Crippen LogP contribution in [0.2, 0.25) is 0 Å². The molecule has 0 aliphatic rings. The van der Waals surface area contributed by atoms with E-state index >= 15 is 0 Å². The Bertz CT molecular complexity index is 418. The molecule has 0 spiro atoms. The summed E-state index contributed by atoms with van der Waals surface area (Å²) in [6, 6.07) is 5.96. The van der Waals surface area contributed by atoms with Gasteiger partial charge in [-0.05, 0) is 25.5 Å². The summed E-state index contributed by atoms with van der Waals surface area (Å²) in [6.07, 6.45) is -4.44. The van der Waals surface area contributed by atoms with Gasteiger partial charge in [-0.15, -0.1) is 0 Å². The van der Waals surface area contributed by atoms with Crippen molar-refractivity contribution >= 4 is 0 Å². The molecule has 1 unspecified atom stereocenters. The third-order valence-electron chi connectivity index (χ3n) is 2.21. The fourth-order valence-electron chi connectivity index (χ4n) is 1.54. The van der Waals surface area contributed by atoms with Gasteiger partial charge in [0.25, 0.3) is 0 Å². The van der Waals surface area contributed by atoms with Crippen LogP contribution in [0, 0.1) is 11.3 Å². The third-order valence-corrected chi connectivity index (χ3v) is 2.21. The number of rotatable bonds is 3. The van der Waals surface area contributed by atoms with Crippen LogP contribution >= 0.6 is 0 Å². The van der Waals surface area contributed by atoms with E-state index in [1.807, 2.05) is 6.07 Å². The molecule has 1 aromatic carbocycles. The Morgan fingerprint density at radius 1 is 1.24 bits per heavy atom. The van der Waals surface area contributed by atoms with Gasteiger partial charge in [0.15, 0.2) is 0 Å². The lowest BCUT2D eigenvalue weighted by Gasteiger charge is -2.19. The highest BCUT2D eigenvalue weighted by Crippen LogP contribution is 2.34. The maximum absolute atomic E-state index is 12.7. The summed E-state index contributed by atoms with van der Waals surface area (Å²) in [4.78, 5) is 0. The summed E-state index contributed by atoms with van der Waals surface area (Å²) in [6.45, 7) is 3.56. The monoisotopic (exact) mass is 242 g/mol. The number of alkyl halides is 3. The molecule has 0 bridgehead atoms. The average molecular weight is 242 g/mol. The molecule has 0 aliphatic heterocycles. The maximum atomic E-state index is 12.7. The van der Waals surface area contributed by atoms with E-state index in [-0.39, 0.29) is 11.6 Å². The summed E-state index contributed by atoms with van der Waals surface area (Å²) in [5.74, 6) is 0.